The highest BCUT2D eigenvalue weighted by atomic mass is 16.5. The fourth-order valence-electron chi connectivity index (χ4n) is 1.84. The third kappa shape index (κ3) is 4.04. The summed E-state index contributed by atoms with van der Waals surface area (Å²) in [6, 6.07) is 7.30. The van der Waals surface area contributed by atoms with Crippen molar-refractivity contribution in [1.82, 2.24) is 4.90 Å². The molecule has 1 rings (SSSR count). The van der Waals surface area contributed by atoms with Gasteiger partial charge in [-0.2, -0.15) is 0 Å². The maximum atomic E-state index is 12.0. The predicted octanol–water partition coefficient (Wildman–Crippen LogP) is 1.78. The van der Waals surface area contributed by atoms with Crippen molar-refractivity contribution < 1.29 is 9.53 Å². The molecule has 1 atom stereocenters. The monoisotopic (exact) mass is 250 g/mol. The summed E-state index contributed by atoms with van der Waals surface area (Å²) in [6.45, 7) is 2.57. The maximum absolute atomic E-state index is 12.0. The third-order valence-corrected chi connectivity index (χ3v) is 2.85. The van der Waals surface area contributed by atoms with Crippen LogP contribution in [0.25, 0.3) is 0 Å². The van der Waals surface area contributed by atoms with Crippen molar-refractivity contribution in [3.63, 3.8) is 0 Å². The normalized spacial score (nSPS) is 12.0. The molecule has 0 aliphatic rings. The van der Waals surface area contributed by atoms with E-state index in [2.05, 4.69) is 0 Å². The standard InChI is InChI=1S/C14H22N2O2/c1-4-6-13(15)14(17)16(2)10-11-7-5-8-12(9-11)18-3/h5,7-9,13H,4,6,10,15H2,1-3H3/t13-/m0/s1. The smallest absolute Gasteiger partial charge is 0.239 e. The van der Waals surface area contributed by atoms with Crippen molar-refractivity contribution in [3.8, 4) is 5.75 Å². The molecule has 0 spiro atoms. The number of carbonyl (C=O) groups is 1. The molecule has 0 aliphatic heterocycles. The van der Waals surface area contributed by atoms with Crippen molar-refractivity contribution in [1.29, 1.82) is 0 Å². The second kappa shape index (κ2) is 7.01. The molecule has 2 N–H and O–H groups in total. The highest BCUT2D eigenvalue weighted by molar-refractivity contribution is 5.81. The molecular formula is C14H22N2O2. The topological polar surface area (TPSA) is 55.6 Å². The highest BCUT2D eigenvalue weighted by Crippen LogP contribution is 2.14. The Balaban J connectivity index is 2.63. The van der Waals surface area contributed by atoms with Gasteiger partial charge in [-0.1, -0.05) is 25.5 Å². The van der Waals surface area contributed by atoms with Crippen LogP contribution < -0.4 is 10.5 Å². The lowest BCUT2D eigenvalue weighted by molar-refractivity contribution is -0.132. The molecule has 1 aromatic carbocycles. The van der Waals surface area contributed by atoms with Gasteiger partial charge < -0.3 is 15.4 Å². The zero-order valence-electron chi connectivity index (χ0n) is 11.3. The van der Waals surface area contributed by atoms with Crippen molar-refractivity contribution in [2.75, 3.05) is 14.2 Å². The van der Waals surface area contributed by atoms with Gasteiger partial charge >= 0.3 is 0 Å². The molecule has 0 fully saturated rings. The lowest BCUT2D eigenvalue weighted by atomic mass is 10.1. The van der Waals surface area contributed by atoms with E-state index >= 15 is 0 Å². The quantitative estimate of drug-likeness (QED) is 0.837. The van der Waals surface area contributed by atoms with E-state index < -0.39 is 6.04 Å². The number of likely N-dealkylation sites (N-methyl/N-ethyl adjacent to an activating group) is 1. The summed E-state index contributed by atoms with van der Waals surface area (Å²) >= 11 is 0. The number of amides is 1. The zero-order chi connectivity index (χ0) is 13.5. The lowest BCUT2D eigenvalue weighted by Gasteiger charge is -2.21. The van der Waals surface area contributed by atoms with Gasteiger partial charge in [0.25, 0.3) is 0 Å². The highest BCUT2D eigenvalue weighted by Gasteiger charge is 2.17. The van der Waals surface area contributed by atoms with Gasteiger partial charge in [-0.25, -0.2) is 0 Å². The lowest BCUT2D eigenvalue weighted by Crippen LogP contribution is -2.41. The SMILES string of the molecule is CCC[C@H](N)C(=O)N(C)Cc1cccc(OC)c1. The van der Waals surface area contributed by atoms with E-state index in [9.17, 15) is 4.79 Å². The molecule has 0 unspecified atom stereocenters. The number of methoxy groups -OCH3 is 1. The minimum atomic E-state index is -0.398. The first kappa shape index (κ1) is 14.5. The van der Waals surface area contributed by atoms with Crippen LogP contribution in [0.15, 0.2) is 24.3 Å². The first-order valence-electron chi connectivity index (χ1n) is 6.22. The first-order valence-corrected chi connectivity index (χ1v) is 6.22. The molecule has 100 valence electrons. The number of nitrogens with zero attached hydrogens (tertiary/aromatic N) is 1. The maximum Gasteiger partial charge on any atom is 0.239 e. The van der Waals surface area contributed by atoms with E-state index in [1.54, 1.807) is 19.1 Å². The molecule has 0 radical (unpaired) electrons. The van der Waals surface area contributed by atoms with Crippen molar-refractivity contribution in [2.24, 2.45) is 5.73 Å². The fourth-order valence-corrected chi connectivity index (χ4v) is 1.84. The Bertz CT molecular complexity index is 393. The van der Waals surface area contributed by atoms with Crippen LogP contribution in [-0.2, 0) is 11.3 Å². The fraction of sp³-hybridized carbons (Fsp3) is 0.500. The first-order chi connectivity index (χ1) is 8.58. The Morgan fingerprint density at radius 2 is 2.22 bits per heavy atom. The molecule has 0 aliphatic carbocycles. The predicted molar refractivity (Wildman–Crippen MR) is 72.4 cm³/mol. The Hall–Kier alpha value is -1.55. The van der Waals surface area contributed by atoms with E-state index in [0.29, 0.717) is 6.54 Å². The van der Waals surface area contributed by atoms with Crippen LogP contribution in [0.4, 0.5) is 0 Å². The summed E-state index contributed by atoms with van der Waals surface area (Å²) in [5.41, 5.74) is 6.86. The van der Waals surface area contributed by atoms with E-state index in [4.69, 9.17) is 10.5 Å². The Morgan fingerprint density at radius 1 is 1.50 bits per heavy atom. The van der Waals surface area contributed by atoms with Gasteiger partial charge in [0.1, 0.15) is 5.75 Å². The molecule has 0 saturated heterocycles. The van der Waals surface area contributed by atoms with Crippen molar-refractivity contribution in [3.05, 3.63) is 29.8 Å². The van der Waals surface area contributed by atoms with E-state index in [1.165, 1.54) is 0 Å². The molecule has 0 saturated carbocycles. The van der Waals surface area contributed by atoms with E-state index in [-0.39, 0.29) is 5.91 Å². The average molecular weight is 250 g/mol. The third-order valence-electron chi connectivity index (χ3n) is 2.85. The molecule has 0 heterocycles. The van der Waals surface area contributed by atoms with Crippen molar-refractivity contribution in [2.45, 2.75) is 32.4 Å². The largest absolute Gasteiger partial charge is 0.497 e. The molecule has 1 aromatic rings. The van der Waals surface area contributed by atoms with E-state index in [1.807, 2.05) is 31.2 Å². The van der Waals surface area contributed by atoms with Crippen LogP contribution in [-0.4, -0.2) is 31.0 Å². The summed E-state index contributed by atoms with van der Waals surface area (Å²) in [7, 11) is 3.41. The second-order valence-corrected chi connectivity index (χ2v) is 4.44. The van der Waals surface area contributed by atoms with Crippen LogP contribution in [0.3, 0.4) is 0 Å². The molecule has 0 bridgehead atoms. The number of hydrogen-bond acceptors (Lipinski definition) is 3. The molecule has 4 heteroatoms. The van der Waals surface area contributed by atoms with Gasteiger partial charge in [0.05, 0.1) is 13.2 Å². The number of ether oxygens (including phenoxy) is 1. The van der Waals surface area contributed by atoms with Gasteiger partial charge in [0.15, 0.2) is 0 Å². The summed E-state index contributed by atoms with van der Waals surface area (Å²) in [5, 5.41) is 0. The molecular weight excluding hydrogens is 228 g/mol. The van der Waals surface area contributed by atoms with Crippen LogP contribution in [0, 0.1) is 0 Å². The van der Waals surface area contributed by atoms with E-state index in [0.717, 1.165) is 24.2 Å². The van der Waals surface area contributed by atoms with Gasteiger partial charge in [0.2, 0.25) is 5.91 Å². The molecule has 1 amide bonds. The number of carbonyl (C=O) groups excluding carboxylic acids is 1. The Labute approximate surface area is 109 Å². The number of benzene rings is 1. The van der Waals surface area contributed by atoms with Gasteiger partial charge in [-0.05, 0) is 24.1 Å². The minimum absolute atomic E-state index is 0.0142. The number of nitrogens with two attached hydrogens (primary N) is 1. The van der Waals surface area contributed by atoms with Crippen molar-refractivity contribution >= 4 is 5.91 Å². The second-order valence-electron chi connectivity index (χ2n) is 4.44. The van der Waals surface area contributed by atoms with Crippen LogP contribution in [0.1, 0.15) is 25.3 Å². The number of hydrogen-bond donors (Lipinski definition) is 1. The Morgan fingerprint density at radius 3 is 2.83 bits per heavy atom. The van der Waals surface area contributed by atoms with Gasteiger partial charge in [-0.15, -0.1) is 0 Å². The average Bonchev–Trinajstić information content (AvgIpc) is 2.38. The summed E-state index contributed by atoms with van der Waals surface area (Å²) in [4.78, 5) is 13.6. The van der Waals surface area contributed by atoms with Gasteiger partial charge in [-0.3, -0.25) is 4.79 Å². The van der Waals surface area contributed by atoms with Crippen LogP contribution in [0.5, 0.6) is 5.75 Å². The summed E-state index contributed by atoms with van der Waals surface area (Å²) in [6.07, 6.45) is 1.64. The number of rotatable bonds is 6. The van der Waals surface area contributed by atoms with Crippen LogP contribution >= 0.6 is 0 Å². The zero-order valence-corrected chi connectivity index (χ0v) is 11.3. The molecule has 4 nitrogen and oxygen atoms in total. The Kier molecular flexibility index (Phi) is 5.65. The summed E-state index contributed by atoms with van der Waals surface area (Å²) in [5.74, 6) is 0.783. The van der Waals surface area contributed by atoms with Crippen LogP contribution in [0.2, 0.25) is 0 Å². The van der Waals surface area contributed by atoms with Gasteiger partial charge in [0, 0.05) is 13.6 Å². The summed E-state index contributed by atoms with van der Waals surface area (Å²) < 4.78 is 5.15. The molecule has 0 aromatic heterocycles. The molecule has 18 heavy (non-hydrogen) atoms. The minimum Gasteiger partial charge on any atom is -0.497 e.